The molecule has 1 heterocycles. The second-order valence-corrected chi connectivity index (χ2v) is 8.28. The Kier molecular flexibility index (Phi) is 7.30. The van der Waals surface area contributed by atoms with Gasteiger partial charge in [0.2, 0.25) is 5.91 Å². The summed E-state index contributed by atoms with van der Waals surface area (Å²) in [6.07, 6.45) is 2.01. The standard InChI is InChI=1S/C25H29FN2O4/c1-5-22-19(13-20(14-23(22)26)27-17(2)29)11-12-21-16-32-25(3,4)28(21)24(30)31-15-18-9-7-6-8-10-18/h5-10,13-14,21H,1,11-12,15-16H2,2-4H3,(H,27,29)/t21-/m0/s1. The normalized spacial score (nSPS) is 17.1. The summed E-state index contributed by atoms with van der Waals surface area (Å²) in [4.78, 5) is 25.9. The van der Waals surface area contributed by atoms with Gasteiger partial charge in [-0.25, -0.2) is 9.18 Å². The molecule has 0 aliphatic carbocycles. The first-order valence-corrected chi connectivity index (χ1v) is 10.6. The van der Waals surface area contributed by atoms with Crippen LogP contribution in [0.5, 0.6) is 0 Å². The summed E-state index contributed by atoms with van der Waals surface area (Å²) < 4.78 is 25.9. The fourth-order valence-electron chi connectivity index (χ4n) is 3.96. The third-order valence-electron chi connectivity index (χ3n) is 5.46. The molecule has 6 nitrogen and oxygen atoms in total. The van der Waals surface area contributed by atoms with Crippen molar-refractivity contribution in [3.63, 3.8) is 0 Å². The average molecular weight is 441 g/mol. The number of hydrogen-bond acceptors (Lipinski definition) is 4. The lowest BCUT2D eigenvalue weighted by molar-refractivity contribution is -0.114. The second-order valence-electron chi connectivity index (χ2n) is 8.28. The maximum absolute atomic E-state index is 14.5. The molecule has 1 atom stereocenters. The molecule has 1 aliphatic rings. The van der Waals surface area contributed by atoms with Crippen molar-refractivity contribution in [1.82, 2.24) is 4.90 Å². The van der Waals surface area contributed by atoms with Crippen LogP contribution in [0.3, 0.4) is 0 Å². The van der Waals surface area contributed by atoms with Gasteiger partial charge in [0.1, 0.15) is 18.1 Å². The minimum atomic E-state index is -0.816. The molecule has 0 aromatic heterocycles. The van der Waals surface area contributed by atoms with E-state index in [-0.39, 0.29) is 18.6 Å². The first kappa shape index (κ1) is 23.5. The van der Waals surface area contributed by atoms with E-state index in [0.717, 1.165) is 5.56 Å². The number of hydrogen-bond donors (Lipinski definition) is 1. The van der Waals surface area contributed by atoms with Gasteiger partial charge < -0.3 is 14.8 Å². The Bertz CT molecular complexity index is 991. The van der Waals surface area contributed by atoms with Gasteiger partial charge in [0.15, 0.2) is 0 Å². The molecule has 3 rings (SSSR count). The average Bonchev–Trinajstić information content (AvgIpc) is 3.04. The number of anilines is 1. The molecule has 170 valence electrons. The van der Waals surface area contributed by atoms with Crippen LogP contribution >= 0.6 is 0 Å². The van der Waals surface area contributed by atoms with Crippen LogP contribution in [-0.4, -0.2) is 35.3 Å². The molecule has 2 amide bonds. The zero-order chi connectivity index (χ0) is 23.3. The Morgan fingerprint density at radius 3 is 2.69 bits per heavy atom. The summed E-state index contributed by atoms with van der Waals surface area (Å²) in [7, 11) is 0. The molecule has 1 saturated heterocycles. The number of benzene rings is 2. The highest BCUT2D eigenvalue weighted by molar-refractivity contribution is 5.89. The van der Waals surface area contributed by atoms with Crippen LogP contribution in [0.4, 0.5) is 14.9 Å². The minimum absolute atomic E-state index is 0.170. The van der Waals surface area contributed by atoms with E-state index in [0.29, 0.717) is 36.3 Å². The summed E-state index contributed by atoms with van der Waals surface area (Å²) in [6.45, 7) is 9.24. The van der Waals surface area contributed by atoms with Crippen LogP contribution in [0, 0.1) is 5.82 Å². The summed E-state index contributed by atoms with van der Waals surface area (Å²) in [5.41, 5.74) is 1.55. The smallest absolute Gasteiger partial charge is 0.412 e. The van der Waals surface area contributed by atoms with E-state index in [1.807, 2.05) is 44.2 Å². The predicted octanol–water partition coefficient (Wildman–Crippen LogP) is 5.13. The summed E-state index contributed by atoms with van der Waals surface area (Å²) in [5, 5.41) is 2.62. The van der Waals surface area contributed by atoms with Crippen LogP contribution in [-0.2, 0) is 27.3 Å². The quantitative estimate of drug-likeness (QED) is 0.648. The number of rotatable bonds is 7. The number of aryl methyl sites for hydroxylation is 1. The Balaban J connectivity index is 1.73. The maximum atomic E-state index is 14.5. The van der Waals surface area contributed by atoms with Gasteiger partial charge in [0.05, 0.1) is 12.6 Å². The second kappa shape index (κ2) is 9.96. The Morgan fingerprint density at radius 2 is 2.03 bits per heavy atom. The number of ether oxygens (including phenoxy) is 2. The lowest BCUT2D eigenvalue weighted by atomic mass is 9.98. The number of halogens is 1. The Labute approximate surface area is 188 Å². The van der Waals surface area contributed by atoms with Crippen molar-refractivity contribution in [1.29, 1.82) is 0 Å². The SMILES string of the molecule is C=Cc1c(F)cc(NC(C)=O)cc1CC[C@H]1COC(C)(C)N1C(=O)OCc1ccccc1. The van der Waals surface area contributed by atoms with Crippen molar-refractivity contribution in [2.75, 3.05) is 11.9 Å². The number of carbonyl (C=O) groups is 2. The molecular weight excluding hydrogens is 411 g/mol. The number of carbonyl (C=O) groups excluding carboxylic acids is 2. The van der Waals surface area contributed by atoms with E-state index in [9.17, 15) is 14.0 Å². The van der Waals surface area contributed by atoms with Gasteiger partial charge in [-0.15, -0.1) is 0 Å². The van der Waals surface area contributed by atoms with E-state index in [1.165, 1.54) is 19.1 Å². The first-order chi connectivity index (χ1) is 15.2. The summed E-state index contributed by atoms with van der Waals surface area (Å²) in [5.74, 6) is -0.733. The minimum Gasteiger partial charge on any atom is -0.444 e. The third kappa shape index (κ3) is 5.53. The molecular formula is C25H29FN2O4. The topological polar surface area (TPSA) is 67.9 Å². The van der Waals surface area contributed by atoms with Crippen molar-refractivity contribution in [2.45, 2.75) is 52.0 Å². The van der Waals surface area contributed by atoms with E-state index in [1.54, 1.807) is 11.0 Å². The number of nitrogens with one attached hydrogen (secondary N) is 1. The lowest BCUT2D eigenvalue weighted by Gasteiger charge is -2.32. The highest BCUT2D eigenvalue weighted by Crippen LogP contribution is 2.32. The molecule has 0 bridgehead atoms. The largest absolute Gasteiger partial charge is 0.444 e. The highest BCUT2D eigenvalue weighted by Gasteiger charge is 2.44. The number of nitrogens with zero attached hydrogens (tertiary/aromatic N) is 1. The molecule has 0 spiro atoms. The zero-order valence-electron chi connectivity index (χ0n) is 18.7. The van der Waals surface area contributed by atoms with Crippen LogP contribution in [0.25, 0.3) is 6.08 Å². The van der Waals surface area contributed by atoms with Gasteiger partial charge in [0, 0.05) is 18.2 Å². The van der Waals surface area contributed by atoms with Crippen LogP contribution in [0.2, 0.25) is 0 Å². The molecule has 1 N–H and O–H groups in total. The van der Waals surface area contributed by atoms with Crippen LogP contribution in [0.1, 0.15) is 43.9 Å². The van der Waals surface area contributed by atoms with Gasteiger partial charge in [-0.05, 0) is 49.9 Å². The predicted molar refractivity (Wildman–Crippen MR) is 121 cm³/mol. The van der Waals surface area contributed by atoms with E-state index in [2.05, 4.69) is 11.9 Å². The van der Waals surface area contributed by atoms with Crippen molar-refractivity contribution in [2.24, 2.45) is 0 Å². The molecule has 0 radical (unpaired) electrons. The molecule has 2 aromatic rings. The van der Waals surface area contributed by atoms with Crippen molar-refractivity contribution >= 4 is 23.8 Å². The molecule has 0 unspecified atom stereocenters. The first-order valence-electron chi connectivity index (χ1n) is 10.6. The van der Waals surface area contributed by atoms with Gasteiger partial charge in [-0.3, -0.25) is 9.69 Å². The van der Waals surface area contributed by atoms with Crippen LogP contribution < -0.4 is 5.32 Å². The lowest BCUT2D eigenvalue weighted by Crippen LogP contribution is -2.48. The molecule has 1 aliphatic heterocycles. The van der Waals surface area contributed by atoms with Gasteiger partial charge in [0.25, 0.3) is 0 Å². The molecule has 7 heteroatoms. The van der Waals surface area contributed by atoms with Crippen molar-refractivity contribution < 1.29 is 23.5 Å². The van der Waals surface area contributed by atoms with Crippen LogP contribution in [0.15, 0.2) is 49.0 Å². The Morgan fingerprint density at radius 1 is 1.31 bits per heavy atom. The van der Waals surface area contributed by atoms with Crippen molar-refractivity contribution in [3.05, 3.63) is 71.6 Å². The Hall–Kier alpha value is -3.19. The summed E-state index contributed by atoms with van der Waals surface area (Å²) in [6, 6.07) is 12.2. The number of amides is 2. The zero-order valence-corrected chi connectivity index (χ0v) is 18.7. The highest BCUT2D eigenvalue weighted by atomic mass is 19.1. The van der Waals surface area contributed by atoms with E-state index < -0.39 is 17.6 Å². The van der Waals surface area contributed by atoms with Gasteiger partial charge >= 0.3 is 6.09 Å². The van der Waals surface area contributed by atoms with Gasteiger partial charge in [-0.1, -0.05) is 43.0 Å². The fraction of sp³-hybridized carbons (Fsp3) is 0.360. The molecule has 32 heavy (non-hydrogen) atoms. The fourth-order valence-corrected chi connectivity index (χ4v) is 3.96. The molecule has 1 fully saturated rings. The van der Waals surface area contributed by atoms with E-state index >= 15 is 0 Å². The van der Waals surface area contributed by atoms with E-state index in [4.69, 9.17) is 9.47 Å². The van der Waals surface area contributed by atoms with Gasteiger partial charge in [-0.2, -0.15) is 0 Å². The maximum Gasteiger partial charge on any atom is 0.412 e. The third-order valence-corrected chi connectivity index (χ3v) is 5.46. The monoisotopic (exact) mass is 440 g/mol. The molecule has 2 aromatic carbocycles. The summed E-state index contributed by atoms with van der Waals surface area (Å²) >= 11 is 0. The van der Waals surface area contributed by atoms with Crippen molar-refractivity contribution in [3.8, 4) is 0 Å². The molecule has 0 saturated carbocycles.